The average molecular weight is 303 g/mol. The van der Waals surface area contributed by atoms with E-state index in [1.807, 2.05) is 6.92 Å². The van der Waals surface area contributed by atoms with Crippen molar-refractivity contribution in [1.82, 2.24) is 0 Å². The van der Waals surface area contributed by atoms with Crippen molar-refractivity contribution in [1.29, 1.82) is 0 Å². The Morgan fingerprint density at radius 3 is 2.43 bits per heavy atom. The van der Waals surface area contributed by atoms with Crippen LogP contribution in [-0.2, 0) is 4.79 Å². The molecule has 0 aliphatic rings. The highest BCUT2D eigenvalue weighted by Gasteiger charge is 2.47. The van der Waals surface area contributed by atoms with Crippen molar-refractivity contribution in [2.45, 2.75) is 38.5 Å². The van der Waals surface area contributed by atoms with E-state index in [1.165, 1.54) is 0 Å². The molecular formula is C15H17F4NO. The van der Waals surface area contributed by atoms with Gasteiger partial charge in [0.05, 0.1) is 0 Å². The van der Waals surface area contributed by atoms with E-state index in [2.05, 4.69) is 5.32 Å². The Hall–Kier alpha value is -1.85. The fraction of sp³-hybridized carbons (Fsp3) is 0.400. The van der Waals surface area contributed by atoms with Crippen LogP contribution in [0, 0.1) is 0 Å². The van der Waals surface area contributed by atoms with Crippen LogP contribution in [0.2, 0.25) is 0 Å². The van der Waals surface area contributed by atoms with E-state index in [1.54, 1.807) is 30.3 Å². The lowest BCUT2D eigenvalue weighted by molar-refractivity contribution is -0.161. The predicted molar refractivity (Wildman–Crippen MR) is 73.6 cm³/mol. The first kappa shape index (κ1) is 17.2. The predicted octanol–water partition coefficient (Wildman–Crippen LogP) is 4.64. The van der Waals surface area contributed by atoms with Gasteiger partial charge in [0.15, 0.2) is 0 Å². The van der Waals surface area contributed by atoms with Crippen molar-refractivity contribution in [3.05, 3.63) is 42.1 Å². The number of ketones is 1. The number of halogens is 4. The third-order valence-electron chi connectivity index (χ3n) is 2.79. The Morgan fingerprint density at radius 1 is 1.29 bits per heavy atom. The molecule has 0 spiro atoms. The number of hydrogen-bond acceptors (Lipinski definition) is 2. The highest BCUT2D eigenvalue weighted by Crippen LogP contribution is 2.25. The lowest BCUT2D eigenvalue weighted by atomic mass is 10.1. The molecule has 0 aromatic heterocycles. The number of para-hydroxylation sites is 1. The second-order valence-electron chi connectivity index (χ2n) is 4.55. The fourth-order valence-corrected chi connectivity index (χ4v) is 1.61. The van der Waals surface area contributed by atoms with E-state index in [0.717, 1.165) is 6.42 Å². The average Bonchev–Trinajstić information content (AvgIpc) is 2.45. The van der Waals surface area contributed by atoms with Gasteiger partial charge in [0.25, 0.3) is 0 Å². The number of carbonyl (C=O) groups excluding carboxylic acids is 1. The van der Waals surface area contributed by atoms with Gasteiger partial charge < -0.3 is 5.32 Å². The first-order chi connectivity index (χ1) is 9.87. The quantitative estimate of drug-likeness (QED) is 0.560. The summed E-state index contributed by atoms with van der Waals surface area (Å²) in [6.07, 6.45) is -1.66. The standard InChI is InChI=1S/C15H17F4NO/c1-2-3-7-12(20-11-8-5-4-6-9-11)10-13(21)15(18,19)14(16)17/h4-6,8-10,14,20H,2-3,7H2,1H3/b12-10+. The molecule has 21 heavy (non-hydrogen) atoms. The Labute approximate surface area is 120 Å². The van der Waals surface area contributed by atoms with Crippen molar-refractivity contribution in [3.8, 4) is 0 Å². The zero-order valence-corrected chi connectivity index (χ0v) is 11.6. The van der Waals surface area contributed by atoms with E-state index in [9.17, 15) is 22.4 Å². The third-order valence-corrected chi connectivity index (χ3v) is 2.79. The van der Waals surface area contributed by atoms with E-state index < -0.39 is 18.1 Å². The van der Waals surface area contributed by atoms with Crippen molar-refractivity contribution >= 4 is 11.5 Å². The zero-order valence-electron chi connectivity index (χ0n) is 11.6. The van der Waals surface area contributed by atoms with E-state index in [4.69, 9.17) is 0 Å². The van der Waals surface area contributed by atoms with Gasteiger partial charge in [-0.15, -0.1) is 0 Å². The topological polar surface area (TPSA) is 29.1 Å². The van der Waals surface area contributed by atoms with Crippen molar-refractivity contribution in [2.24, 2.45) is 0 Å². The summed E-state index contributed by atoms with van der Waals surface area (Å²) in [6, 6.07) is 8.62. The van der Waals surface area contributed by atoms with Gasteiger partial charge in [-0.2, -0.15) is 8.78 Å². The molecule has 1 aromatic rings. The summed E-state index contributed by atoms with van der Waals surface area (Å²) >= 11 is 0. The first-order valence-electron chi connectivity index (χ1n) is 6.61. The lowest BCUT2D eigenvalue weighted by Crippen LogP contribution is -2.35. The second kappa shape index (κ2) is 7.81. The summed E-state index contributed by atoms with van der Waals surface area (Å²) in [6.45, 7) is 1.90. The number of rotatable bonds is 8. The number of allylic oxidation sites excluding steroid dienone is 2. The number of benzene rings is 1. The normalized spacial score (nSPS) is 12.6. The molecule has 0 amide bonds. The largest absolute Gasteiger partial charge is 0.368 e. The van der Waals surface area contributed by atoms with Crippen molar-refractivity contribution < 1.29 is 22.4 Å². The number of unbranched alkanes of at least 4 members (excludes halogenated alkanes) is 1. The molecule has 0 aliphatic heterocycles. The molecule has 1 rings (SSSR count). The van der Waals surface area contributed by atoms with Gasteiger partial charge in [-0.3, -0.25) is 4.79 Å². The van der Waals surface area contributed by atoms with Crippen LogP contribution >= 0.6 is 0 Å². The third kappa shape index (κ3) is 5.21. The Bertz CT molecular complexity index is 486. The fourth-order valence-electron chi connectivity index (χ4n) is 1.61. The number of carbonyl (C=O) groups is 1. The van der Waals surface area contributed by atoms with Crippen LogP contribution in [0.15, 0.2) is 42.1 Å². The Kier molecular flexibility index (Phi) is 6.39. The molecule has 2 nitrogen and oxygen atoms in total. The molecular weight excluding hydrogens is 286 g/mol. The van der Waals surface area contributed by atoms with E-state index >= 15 is 0 Å². The van der Waals surface area contributed by atoms with Crippen LogP contribution in [0.3, 0.4) is 0 Å². The second-order valence-corrected chi connectivity index (χ2v) is 4.55. The molecule has 0 saturated heterocycles. The lowest BCUT2D eigenvalue weighted by Gasteiger charge is -2.14. The molecule has 1 aromatic carbocycles. The summed E-state index contributed by atoms with van der Waals surface area (Å²) in [4.78, 5) is 11.3. The number of hydrogen-bond donors (Lipinski definition) is 1. The first-order valence-corrected chi connectivity index (χ1v) is 6.61. The molecule has 0 unspecified atom stereocenters. The molecule has 6 heteroatoms. The molecule has 0 saturated carbocycles. The van der Waals surface area contributed by atoms with E-state index in [0.29, 0.717) is 24.6 Å². The van der Waals surface area contributed by atoms with Crippen LogP contribution in [0.25, 0.3) is 0 Å². The minimum absolute atomic E-state index is 0.202. The smallest absolute Gasteiger partial charge is 0.359 e. The van der Waals surface area contributed by atoms with Gasteiger partial charge in [0, 0.05) is 17.5 Å². The van der Waals surface area contributed by atoms with Crippen LogP contribution in [0.5, 0.6) is 0 Å². The summed E-state index contributed by atoms with van der Waals surface area (Å²) < 4.78 is 50.3. The molecule has 0 bridgehead atoms. The minimum atomic E-state index is -4.66. The molecule has 0 aliphatic carbocycles. The molecule has 0 atom stereocenters. The number of alkyl halides is 4. The summed E-state index contributed by atoms with van der Waals surface area (Å²) in [5.41, 5.74) is 0.807. The molecule has 0 heterocycles. The van der Waals surface area contributed by atoms with Crippen LogP contribution in [0.1, 0.15) is 26.2 Å². The molecule has 1 N–H and O–H groups in total. The van der Waals surface area contributed by atoms with Crippen molar-refractivity contribution in [2.75, 3.05) is 5.32 Å². The van der Waals surface area contributed by atoms with Crippen LogP contribution in [-0.4, -0.2) is 18.1 Å². The van der Waals surface area contributed by atoms with Gasteiger partial charge in [-0.05, 0) is 25.0 Å². The Morgan fingerprint density at radius 2 is 1.90 bits per heavy atom. The highest BCUT2D eigenvalue weighted by molar-refractivity contribution is 5.96. The summed E-state index contributed by atoms with van der Waals surface area (Å²) in [5.74, 6) is -6.54. The van der Waals surface area contributed by atoms with Gasteiger partial charge in [0.1, 0.15) is 0 Å². The van der Waals surface area contributed by atoms with Gasteiger partial charge in [0.2, 0.25) is 5.78 Å². The highest BCUT2D eigenvalue weighted by atomic mass is 19.3. The Balaban J connectivity index is 2.91. The molecule has 0 radical (unpaired) electrons. The van der Waals surface area contributed by atoms with Crippen LogP contribution < -0.4 is 5.32 Å². The maximum Gasteiger partial charge on any atom is 0.368 e. The minimum Gasteiger partial charge on any atom is -0.359 e. The van der Waals surface area contributed by atoms with Gasteiger partial charge in [-0.25, -0.2) is 8.78 Å². The van der Waals surface area contributed by atoms with Gasteiger partial charge in [-0.1, -0.05) is 31.5 Å². The zero-order chi connectivity index (χ0) is 15.9. The monoisotopic (exact) mass is 303 g/mol. The van der Waals surface area contributed by atoms with Gasteiger partial charge >= 0.3 is 12.3 Å². The molecule has 116 valence electrons. The maximum absolute atomic E-state index is 13.0. The molecule has 0 fully saturated rings. The number of nitrogens with one attached hydrogen (secondary N) is 1. The maximum atomic E-state index is 13.0. The number of anilines is 1. The van der Waals surface area contributed by atoms with Crippen LogP contribution in [0.4, 0.5) is 23.2 Å². The summed E-state index contributed by atoms with van der Waals surface area (Å²) in [7, 11) is 0. The summed E-state index contributed by atoms with van der Waals surface area (Å²) in [5, 5.41) is 2.82. The SMILES string of the molecule is CCCC/C(=C\C(=O)C(F)(F)C(F)F)Nc1ccccc1. The van der Waals surface area contributed by atoms with Crippen molar-refractivity contribution in [3.63, 3.8) is 0 Å². The van der Waals surface area contributed by atoms with E-state index in [-0.39, 0.29) is 5.70 Å².